The SMILES string of the molecule is COC1(CC(N)c2cccc(CC(C)C)c2)CCC1. The molecule has 1 aliphatic carbocycles. The van der Waals surface area contributed by atoms with Gasteiger partial charge in [-0.2, -0.15) is 0 Å². The highest BCUT2D eigenvalue weighted by atomic mass is 16.5. The minimum atomic E-state index is 0.0491. The lowest BCUT2D eigenvalue weighted by molar-refractivity contribution is -0.0817. The van der Waals surface area contributed by atoms with E-state index in [1.165, 1.54) is 17.5 Å². The molecule has 2 heteroatoms. The topological polar surface area (TPSA) is 35.2 Å². The summed E-state index contributed by atoms with van der Waals surface area (Å²) in [4.78, 5) is 0. The number of nitrogens with two attached hydrogens (primary N) is 1. The van der Waals surface area contributed by atoms with Gasteiger partial charge in [0.2, 0.25) is 0 Å². The summed E-state index contributed by atoms with van der Waals surface area (Å²) in [5.41, 5.74) is 9.08. The molecular formula is C17H27NO. The average molecular weight is 261 g/mol. The van der Waals surface area contributed by atoms with Crippen LogP contribution in [0.5, 0.6) is 0 Å². The Hall–Kier alpha value is -0.860. The lowest BCUT2D eigenvalue weighted by Crippen LogP contribution is -2.41. The van der Waals surface area contributed by atoms with Crippen molar-refractivity contribution in [2.75, 3.05) is 7.11 Å². The van der Waals surface area contributed by atoms with Crippen LogP contribution in [0.3, 0.4) is 0 Å². The van der Waals surface area contributed by atoms with Crippen molar-refractivity contribution in [2.45, 2.75) is 57.6 Å². The van der Waals surface area contributed by atoms with Gasteiger partial charge in [-0.1, -0.05) is 38.1 Å². The minimum Gasteiger partial charge on any atom is -0.378 e. The van der Waals surface area contributed by atoms with Gasteiger partial charge in [-0.15, -0.1) is 0 Å². The van der Waals surface area contributed by atoms with Crippen molar-refractivity contribution in [1.29, 1.82) is 0 Å². The molecule has 2 nitrogen and oxygen atoms in total. The summed E-state index contributed by atoms with van der Waals surface area (Å²) in [6.45, 7) is 4.50. The fraction of sp³-hybridized carbons (Fsp3) is 0.647. The highest BCUT2D eigenvalue weighted by Gasteiger charge is 2.38. The fourth-order valence-corrected chi connectivity index (χ4v) is 3.00. The quantitative estimate of drug-likeness (QED) is 0.844. The van der Waals surface area contributed by atoms with Crippen LogP contribution in [-0.2, 0) is 11.2 Å². The molecule has 2 N–H and O–H groups in total. The lowest BCUT2D eigenvalue weighted by atomic mass is 9.75. The minimum absolute atomic E-state index is 0.0491. The summed E-state index contributed by atoms with van der Waals surface area (Å²) < 4.78 is 5.68. The number of methoxy groups -OCH3 is 1. The molecule has 0 aliphatic heterocycles. The van der Waals surface area contributed by atoms with E-state index in [2.05, 4.69) is 38.1 Å². The molecule has 0 amide bonds. The Bertz CT molecular complexity index is 404. The molecule has 1 atom stereocenters. The Kier molecular flexibility index (Phi) is 4.64. The second kappa shape index (κ2) is 6.06. The van der Waals surface area contributed by atoms with Crippen LogP contribution in [-0.4, -0.2) is 12.7 Å². The standard InChI is InChI=1S/C17H27NO/c1-13(2)10-14-6-4-7-15(11-14)16(18)12-17(19-3)8-5-9-17/h4,6-7,11,13,16H,5,8-10,12,18H2,1-3H3. The van der Waals surface area contributed by atoms with E-state index < -0.39 is 0 Å². The first-order valence-electron chi connectivity index (χ1n) is 7.44. The Labute approximate surface area is 117 Å². The summed E-state index contributed by atoms with van der Waals surface area (Å²) in [5, 5.41) is 0. The monoisotopic (exact) mass is 261 g/mol. The van der Waals surface area contributed by atoms with Crippen molar-refractivity contribution < 1.29 is 4.74 Å². The van der Waals surface area contributed by atoms with E-state index in [0.717, 1.165) is 25.7 Å². The summed E-state index contributed by atoms with van der Waals surface area (Å²) >= 11 is 0. The van der Waals surface area contributed by atoms with Crippen molar-refractivity contribution in [3.63, 3.8) is 0 Å². The molecule has 1 saturated carbocycles. The predicted molar refractivity (Wildman–Crippen MR) is 80.1 cm³/mol. The van der Waals surface area contributed by atoms with Crippen LogP contribution < -0.4 is 5.73 Å². The second-order valence-electron chi connectivity index (χ2n) is 6.39. The van der Waals surface area contributed by atoms with Crippen LogP contribution in [0.2, 0.25) is 0 Å². The lowest BCUT2D eigenvalue weighted by Gasteiger charge is -2.42. The summed E-state index contributed by atoms with van der Waals surface area (Å²) in [5.74, 6) is 0.684. The molecule has 0 spiro atoms. The predicted octanol–water partition coefficient (Wildman–Crippen LogP) is 3.84. The molecular weight excluding hydrogens is 234 g/mol. The third-order valence-corrected chi connectivity index (χ3v) is 4.31. The molecule has 0 aromatic heterocycles. The smallest absolute Gasteiger partial charge is 0.0696 e. The van der Waals surface area contributed by atoms with E-state index in [-0.39, 0.29) is 11.6 Å². The maximum atomic E-state index is 6.39. The highest BCUT2D eigenvalue weighted by molar-refractivity contribution is 5.26. The van der Waals surface area contributed by atoms with Crippen molar-refractivity contribution in [2.24, 2.45) is 11.7 Å². The maximum Gasteiger partial charge on any atom is 0.0696 e. The van der Waals surface area contributed by atoms with Crippen LogP contribution in [0.15, 0.2) is 24.3 Å². The van der Waals surface area contributed by atoms with Gasteiger partial charge in [0, 0.05) is 13.2 Å². The van der Waals surface area contributed by atoms with Crippen molar-refractivity contribution in [3.05, 3.63) is 35.4 Å². The van der Waals surface area contributed by atoms with Crippen LogP contribution in [0.25, 0.3) is 0 Å². The zero-order valence-electron chi connectivity index (χ0n) is 12.5. The molecule has 0 bridgehead atoms. The fourth-order valence-electron chi connectivity index (χ4n) is 3.00. The number of hydrogen-bond acceptors (Lipinski definition) is 2. The highest BCUT2D eigenvalue weighted by Crippen LogP contribution is 2.41. The molecule has 0 radical (unpaired) electrons. The van der Waals surface area contributed by atoms with E-state index in [1.54, 1.807) is 0 Å². The zero-order valence-corrected chi connectivity index (χ0v) is 12.5. The van der Waals surface area contributed by atoms with Gasteiger partial charge in [0.05, 0.1) is 5.60 Å². The van der Waals surface area contributed by atoms with Gasteiger partial charge >= 0.3 is 0 Å². The third kappa shape index (κ3) is 3.58. The molecule has 1 aromatic carbocycles. The van der Waals surface area contributed by atoms with Gasteiger partial charge in [-0.25, -0.2) is 0 Å². The molecule has 1 aromatic rings. The Morgan fingerprint density at radius 2 is 2.05 bits per heavy atom. The van der Waals surface area contributed by atoms with E-state index in [0.29, 0.717) is 5.92 Å². The van der Waals surface area contributed by atoms with Crippen LogP contribution in [0.4, 0.5) is 0 Å². The summed E-state index contributed by atoms with van der Waals surface area (Å²) in [7, 11) is 1.82. The van der Waals surface area contributed by atoms with Crippen molar-refractivity contribution in [3.8, 4) is 0 Å². The zero-order chi connectivity index (χ0) is 13.9. The molecule has 0 saturated heterocycles. The van der Waals surface area contributed by atoms with E-state index in [9.17, 15) is 0 Å². The molecule has 2 rings (SSSR count). The average Bonchev–Trinajstić information content (AvgIpc) is 2.33. The molecule has 19 heavy (non-hydrogen) atoms. The number of rotatable bonds is 6. The third-order valence-electron chi connectivity index (χ3n) is 4.31. The first-order valence-corrected chi connectivity index (χ1v) is 7.44. The second-order valence-corrected chi connectivity index (χ2v) is 6.39. The van der Waals surface area contributed by atoms with E-state index in [4.69, 9.17) is 10.5 Å². The molecule has 1 unspecified atom stereocenters. The van der Waals surface area contributed by atoms with Gasteiger partial charge in [-0.05, 0) is 49.1 Å². The van der Waals surface area contributed by atoms with Gasteiger partial charge in [0.15, 0.2) is 0 Å². The maximum absolute atomic E-state index is 6.39. The number of hydrogen-bond donors (Lipinski definition) is 1. The van der Waals surface area contributed by atoms with Crippen LogP contribution in [0, 0.1) is 5.92 Å². The Morgan fingerprint density at radius 3 is 2.58 bits per heavy atom. The largest absolute Gasteiger partial charge is 0.378 e. The summed E-state index contributed by atoms with van der Waals surface area (Å²) in [6.07, 6.45) is 5.64. The van der Waals surface area contributed by atoms with Gasteiger partial charge in [0.25, 0.3) is 0 Å². The van der Waals surface area contributed by atoms with Crippen molar-refractivity contribution in [1.82, 2.24) is 0 Å². The van der Waals surface area contributed by atoms with Crippen molar-refractivity contribution >= 4 is 0 Å². The molecule has 0 heterocycles. The van der Waals surface area contributed by atoms with Gasteiger partial charge in [-0.3, -0.25) is 0 Å². The van der Waals surface area contributed by atoms with Gasteiger partial charge in [0.1, 0.15) is 0 Å². The van der Waals surface area contributed by atoms with E-state index >= 15 is 0 Å². The van der Waals surface area contributed by atoms with E-state index in [1.807, 2.05) is 7.11 Å². The molecule has 1 fully saturated rings. The van der Waals surface area contributed by atoms with Gasteiger partial charge < -0.3 is 10.5 Å². The molecule has 1 aliphatic rings. The van der Waals surface area contributed by atoms with Crippen LogP contribution in [0.1, 0.15) is 56.7 Å². The number of ether oxygens (including phenoxy) is 1. The first-order chi connectivity index (χ1) is 9.04. The molecule has 106 valence electrons. The normalized spacial score (nSPS) is 19.2. The Morgan fingerprint density at radius 1 is 1.32 bits per heavy atom. The number of benzene rings is 1. The summed E-state index contributed by atoms with van der Waals surface area (Å²) in [6, 6.07) is 8.84. The Balaban J connectivity index is 2.04. The van der Waals surface area contributed by atoms with Crippen LogP contribution >= 0.6 is 0 Å². The first kappa shape index (κ1) is 14.5.